The second kappa shape index (κ2) is 9.16. The summed E-state index contributed by atoms with van der Waals surface area (Å²) in [5.41, 5.74) is 5.53. The highest BCUT2D eigenvalue weighted by atomic mass is 16.4. The molecule has 0 fully saturated rings. The summed E-state index contributed by atoms with van der Waals surface area (Å²) >= 11 is 0. The molecule has 4 N–H and O–H groups in total. The molecule has 0 aliphatic heterocycles. The van der Waals surface area contributed by atoms with E-state index < -0.39 is 0 Å². The minimum absolute atomic E-state index is 0.280. The molecule has 108 valence electrons. The Kier molecular flexibility index (Phi) is 8.75. The van der Waals surface area contributed by atoms with Crippen LogP contribution >= 0.6 is 0 Å². The minimum Gasteiger partial charge on any atom is -0.409 e. The predicted molar refractivity (Wildman–Crippen MR) is 77.1 cm³/mol. The molecule has 0 aromatic carbocycles. The zero-order valence-electron chi connectivity index (χ0n) is 12.5. The highest BCUT2D eigenvalue weighted by Gasteiger charge is 2.14. The fourth-order valence-electron chi connectivity index (χ4n) is 2.16. The van der Waals surface area contributed by atoms with Crippen LogP contribution in [0.4, 0.5) is 0 Å². The van der Waals surface area contributed by atoms with Crippen LogP contribution in [0, 0.1) is 0 Å². The fraction of sp³-hybridized carbons (Fsp3) is 0.923. The normalized spacial score (nSPS) is 14.8. The summed E-state index contributed by atoms with van der Waals surface area (Å²) in [5, 5.41) is 15.0. The van der Waals surface area contributed by atoms with Crippen molar-refractivity contribution in [1.82, 2.24) is 10.2 Å². The molecule has 0 aromatic heterocycles. The van der Waals surface area contributed by atoms with Crippen LogP contribution in [0.25, 0.3) is 0 Å². The molecular formula is C13H30N4O. The summed E-state index contributed by atoms with van der Waals surface area (Å²) in [6.45, 7) is 12.9. The van der Waals surface area contributed by atoms with Crippen LogP contribution in [-0.2, 0) is 0 Å². The first-order valence-electron chi connectivity index (χ1n) is 6.87. The molecule has 0 radical (unpaired) electrons. The summed E-state index contributed by atoms with van der Waals surface area (Å²) in [5.74, 6) is 0.291. The lowest BCUT2D eigenvalue weighted by molar-refractivity contribution is 0.174. The minimum atomic E-state index is 0.280. The van der Waals surface area contributed by atoms with Crippen molar-refractivity contribution in [3.63, 3.8) is 0 Å². The molecule has 0 rings (SSSR count). The Morgan fingerprint density at radius 3 is 2.22 bits per heavy atom. The maximum atomic E-state index is 8.57. The Labute approximate surface area is 111 Å². The summed E-state index contributed by atoms with van der Waals surface area (Å²) in [7, 11) is 0. The largest absolute Gasteiger partial charge is 0.409 e. The Morgan fingerprint density at radius 1 is 1.28 bits per heavy atom. The number of nitrogens with one attached hydrogen (secondary N) is 1. The molecule has 0 saturated heterocycles. The van der Waals surface area contributed by atoms with E-state index in [1.54, 1.807) is 0 Å². The van der Waals surface area contributed by atoms with Gasteiger partial charge in [-0.1, -0.05) is 12.1 Å². The molecular weight excluding hydrogens is 228 g/mol. The Balaban J connectivity index is 4.06. The van der Waals surface area contributed by atoms with Gasteiger partial charge in [0.2, 0.25) is 0 Å². The lowest BCUT2D eigenvalue weighted by atomic mass is 10.1. The first kappa shape index (κ1) is 17.2. The number of amidine groups is 1. The van der Waals surface area contributed by atoms with Gasteiger partial charge >= 0.3 is 0 Å². The monoisotopic (exact) mass is 258 g/mol. The molecule has 5 heteroatoms. The molecule has 0 spiro atoms. The van der Waals surface area contributed by atoms with Gasteiger partial charge in [0, 0.05) is 37.6 Å². The number of nitrogens with zero attached hydrogens (tertiary/aromatic N) is 2. The second-order valence-electron chi connectivity index (χ2n) is 5.28. The molecule has 5 nitrogen and oxygen atoms in total. The maximum absolute atomic E-state index is 8.57. The van der Waals surface area contributed by atoms with Crippen molar-refractivity contribution in [2.45, 2.75) is 65.6 Å². The number of oxime groups is 1. The van der Waals surface area contributed by atoms with Crippen LogP contribution < -0.4 is 11.1 Å². The number of hydrogen-bond acceptors (Lipinski definition) is 4. The Morgan fingerprint density at radius 2 is 1.83 bits per heavy atom. The summed E-state index contributed by atoms with van der Waals surface area (Å²) in [6.07, 6.45) is 1.57. The van der Waals surface area contributed by atoms with Gasteiger partial charge in [0.25, 0.3) is 0 Å². The number of rotatable bonds is 9. The first-order chi connectivity index (χ1) is 8.42. The quantitative estimate of drug-likeness (QED) is 0.254. The summed E-state index contributed by atoms with van der Waals surface area (Å²) < 4.78 is 0. The Bertz CT molecular complexity index is 233. The van der Waals surface area contributed by atoms with Gasteiger partial charge in [0.15, 0.2) is 0 Å². The van der Waals surface area contributed by atoms with E-state index >= 15 is 0 Å². The van der Waals surface area contributed by atoms with Crippen molar-refractivity contribution in [3.8, 4) is 0 Å². The van der Waals surface area contributed by atoms with Crippen molar-refractivity contribution < 1.29 is 5.21 Å². The molecule has 1 atom stereocenters. The van der Waals surface area contributed by atoms with Crippen LogP contribution in [0.5, 0.6) is 0 Å². The molecule has 0 bridgehead atoms. The zero-order valence-corrected chi connectivity index (χ0v) is 12.5. The first-order valence-corrected chi connectivity index (χ1v) is 6.87. The van der Waals surface area contributed by atoms with Crippen LogP contribution in [0.15, 0.2) is 5.16 Å². The van der Waals surface area contributed by atoms with Crippen molar-refractivity contribution in [3.05, 3.63) is 0 Å². The van der Waals surface area contributed by atoms with Gasteiger partial charge in [-0.3, -0.25) is 4.90 Å². The third-order valence-electron chi connectivity index (χ3n) is 3.21. The van der Waals surface area contributed by atoms with Crippen molar-refractivity contribution >= 4 is 5.84 Å². The topological polar surface area (TPSA) is 73.9 Å². The molecule has 0 aliphatic rings. The summed E-state index contributed by atoms with van der Waals surface area (Å²) in [4.78, 5) is 2.45. The van der Waals surface area contributed by atoms with E-state index in [1.807, 2.05) is 0 Å². The van der Waals surface area contributed by atoms with Gasteiger partial charge in [-0.2, -0.15) is 0 Å². The van der Waals surface area contributed by atoms with Crippen molar-refractivity contribution in [1.29, 1.82) is 0 Å². The van der Waals surface area contributed by atoms with E-state index in [1.165, 1.54) is 0 Å². The molecule has 0 amide bonds. The van der Waals surface area contributed by atoms with E-state index in [2.05, 4.69) is 50.0 Å². The lowest BCUT2D eigenvalue weighted by Gasteiger charge is -2.31. The van der Waals surface area contributed by atoms with Crippen molar-refractivity contribution in [2.24, 2.45) is 10.9 Å². The van der Waals surface area contributed by atoms with Crippen LogP contribution in [0.2, 0.25) is 0 Å². The third-order valence-corrected chi connectivity index (χ3v) is 3.21. The van der Waals surface area contributed by atoms with E-state index in [0.717, 1.165) is 19.5 Å². The van der Waals surface area contributed by atoms with E-state index in [-0.39, 0.29) is 6.04 Å². The predicted octanol–water partition coefficient (Wildman–Crippen LogP) is 1.61. The second-order valence-corrected chi connectivity index (χ2v) is 5.28. The van der Waals surface area contributed by atoms with Gasteiger partial charge < -0.3 is 16.3 Å². The average Bonchev–Trinajstić information content (AvgIpc) is 2.31. The van der Waals surface area contributed by atoms with Crippen LogP contribution in [0.3, 0.4) is 0 Å². The highest BCUT2D eigenvalue weighted by molar-refractivity contribution is 5.80. The zero-order chi connectivity index (χ0) is 14.1. The molecule has 1 unspecified atom stereocenters. The van der Waals surface area contributed by atoms with E-state index in [4.69, 9.17) is 10.9 Å². The SMILES string of the molecule is CCC(CC(N)=NO)NCCN(C(C)C)C(C)C. The number of nitrogens with two attached hydrogens (primary N) is 1. The van der Waals surface area contributed by atoms with E-state index in [9.17, 15) is 0 Å². The molecule has 0 heterocycles. The third kappa shape index (κ3) is 6.81. The highest BCUT2D eigenvalue weighted by Crippen LogP contribution is 2.04. The van der Waals surface area contributed by atoms with Gasteiger partial charge in [0.05, 0.1) is 0 Å². The van der Waals surface area contributed by atoms with E-state index in [0.29, 0.717) is 24.3 Å². The van der Waals surface area contributed by atoms with Gasteiger partial charge in [0.1, 0.15) is 5.84 Å². The van der Waals surface area contributed by atoms with Crippen LogP contribution in [0.1, 0.15) is 47.5 Å². The molecule has 0 saturated carbocycles. The van der Waals surface area contributed by atoms with Gasteiger partial charge in [-0.05, 0) is 34.1 Å². The van der Waals surface area contributed by atoms with Gasteiger partial charge in [-0.15, -0.1) is 0 Å². The molecule has 18 heavy (non-hydrogen) atoms. The Hall–Kier alpha value is -0.810. The van der Waals surface area contributed by atoms with Crippen molar-refractivity contribution in [2.75, 3.05) is 13.1 Å². The summed E-state index contributed by atoms with van der Waals surface area (Å²) in [6, 6.07) is 1.38. The standard InChI is InChI=1S/C13H30N4O/c1-6-12(9-13(14)16-18)15-7-8-17(10(2)3)11(4)5/h10-12,15,18H,6-9H2,1-5H3,(H2,14,16). The molecule has 0 aliphatic carbocycles. The van der Waals surface area contributed by atoms with Crippen LogP contribution in [-0.4, -0.2) is 47.2 Å². The number of hydrogen-bond donors (Lipinski definition) is 3. The lowest BCUT2D eigenvalue weighted by Crippen LogP contribution is -2.44. The smallest absolute Gasteiger partial charge is 0.140 e. The fourth-order valence-corrected chi connectivity index (χ4v) is 2.16. The van der Waals surface area contributed by atoms with Gasteiger partial charge in [-0.25, -0.2) is 0 Å². The molecule has 0 aromatic rings. The maximum Gasteiger partial charge on any atom is 0.140 e. The average molecular weight is 258 g/mol.